The molecule has 0 bridgehead atoms. The third-order valence-corrected chi connectivity index (χ3v) is 5.61. The Morgan fingerprint density at radius 1 is 0.914 bits per heavy atom. The van der Waals surface area contributed by atoms with Crippen molar-refractivity contribution in [2.45, 2.75) is 27.4 Å². The molecule has 0 aliphatic rings. The predicted octanol–water partition coefficient (Wildman–Crippen LogP) is 5.00. The first kappa shape index (κ1) is 23.8. The summed E-state index contributed by atoms with van der Waals surface area (Å²) in [6.45, 7) is 6.27. The summed E-state index contributed by atoms with van der Waals surface area (Å²) in [6.07, 6.45) is 0. The molecule has 1 aromatic heterocycles. The summed E-state index contributed by atoms with van der Waals surface area (Å²) in [5.41, 5.74) is 5.63. The van der Waals surface area contributed by atoms with Crippen LogP contribution in [0.2, 0.25) is 0 Å². The quantitative estimate of drug-likeness (QED) is 0.412. The number of hydrogen-bond donors (Lipinski definition) is 1. The van der Waals surface area contributed by atoms with Crippen LogP contribution in [0.5, 0.6) is 11.6 Å². The van der Waals surface area contributed by atoms with Crippen molar-refractivity contribution in [3.8, 4) is 17.3 Å². The minimum Gasteiger partial charge on any atom is -0.497 e. The van der Waals surface area contributed by atoms with Crippen molar-refractivity contribution in [3.63, 3.8) is 0 Å². The molecule has 1 heterocycles. The van der Waals surface area contributed by atoms with Crippen LogP contribution in [0.3, 0.4) is 0 Å². The number of rotatable bonds is 7. The molecule has 0 spiro atoms. The smallest absolute Gasteiger partial charge is 0.271 e. The van der Waals surface area contributed by atoms with Gasteiger partial charge in [-0.2, -0.15) is 4.68 Å². The molecule has 178 valence electrons. The maximum Gasteiger partial charge on any atom is 0.271 e. The van der Waals surface area contributed by atoms with E-state index in [1.807, 2.05) is 57.2 Å². The highest BCUT2D eigenvalue weighted by Crippen LogP contribution is 2.23. The second-order valence-corrected chi connectivity index (χ2v) is 8.33. The summed E-state index contributed by atoms with van der Waals surface area (Å²) in [7, 11) is 1.61. The summed E-state index contributed by atoms with van der Waals surface area (Å²) < 4.78 is 12.2. The maximum absolute atomic E-state index is 12.8. The lowest BCUT2D eigenvalue weighted by Crippen LogP contribution is -2.21. The molecule has 1 N–H and O–H groups in total. The SMILES string of the molecule is COc1ccc(COc2ccc(=O)n(-c3ccc(C(=O)Nc4c(C)cc(C)cc4C)cc3)n2)cc1. The molecule has 35 heavy (non-hydrogen) atoms. The number of aromatic nitrogens is 2. The van der Waals surface area contributed by atoms with E-state index in [1.54, 1.807) is 31.4 Å². The van der Waals surface area contributed by atoms with Crippen LogP contribution < -0.4 is 20.3 Å². The van der Waals surface area contributed by atoms with Gasteiger partial charge in [0.15, 0.2) is 0 Å². The summed E-state index contributed by atoms with van der Waals surface area (Å²) in [5.74, 6) is 0.859. The lowest BCUT2D eigenvalue weighted by molar-refractivity contribution is 0.102. The molecular weight excluding hydrogens is 442 g/mol. The fraction of sp³-hybridized carbons (Fsp3) is 0.179. The Morgan fingerprint density at radius 3 is 2.20 bits per heavy atom. The van der Waals surface area contributed by atoms with Crippen molar-refractivity contribution < 1.29 is 14.3 Å². The van der Waals surface area contributed by atoms with Crippen LogP contribution in [0, 0.1) is 20.8 Å². The number of benzene rings is 3. The van der Waals surface area contributed by atoms with Crippen LogP contribution in [0.25, 0.3) is 5.69 Å². The van der Waals surface area contributed by atoms with E-state index in [1.165, 1.54) is 16.8 Å². The van der Waals surface area contributed by atoms with E-state index < -0.39 is 0 Å². The lowest BCUT2D eigenvalue weighted by Gasteiger charge is -2.13. The van der Waals surface area contributed by atoms with E-state index in [0.29, 0.717) is 23.7 Å². The van der Waals surface area contributed by atoms with Gasteiger partial charge in [0.25, 0.3) is 11.5 Å². The first-order chi connectivity index (χ1) is 16.8. The number of amides is 1. The number of anilines is 1. The number of aryl methyl sites for hydroxylation is 3. The summed E-state index contributed by atoms with van der Waals surface area (Å²) in [4.78, 5) is 25.2. The predicted molar refractivity (Wildman–Crippen MR) is 136 cm³/mol. The van der Waals surface area contributed by atoms with Crippen LogP contribution in [0.1, 0.15) is 32.6 Å². The normalized spacial score (nSPS) is 10.6. The zero-order chi connectivity index (χ0) is 24.9. The highest BCUT2D eigenvalue weighted by molar-refractivity contribution is 6.05. The Bertz CT molecular complexity index is 1380. The van der Waals surface area contributed by atoms with Crippen LogP contribution >= 0.6 is 0 Å². The second-order valence-electron chi connectivity index (χ2n) is 8.33. The minimum atomic E-state index is -0.301. The van der Waals surface area contributed by atoms with Crippen LogP contribution in [0.15, 0.2) is 77.6 Å². The van der Waals surface area contributed by atoms with E-state index in [9.17, 15) is 9.59 Å². The Morgan fingerprint density at radius 2 is 1.57 bits per heavy atom. The Kier molecular flexibility index (Phi) is 6.96. The molecular formula is C28H27N3O4. The molecule has 0 atom stereocenters. The largest absolute Gasteiger partial charge is 0.497 e. The fourth-order valence-corrected chi connectivity index (χ4v) is 3.85. The molecule has 0 saturated carbocycles. The standard InChI is InChI=1S/C28H27N3O4/c1-18-15-19(2)27(20(3)16-18)29-28(33)22-7-9-23(10-8-22)31-26(32)14-13-25(30-31)35-17-21-5-11-24(34-4)12-6-21/h5-16H,17H2,1-4H3,(H,29,33). The molecule has 0 aliphatic heterocycles. The topological polar surface area (TPSA) is 82.5 Å². The second kappa shape index (κ2) is 10.3. The number of nitrogens with zero attached hydrogens (tertiary/aromatic N) is 2. The molecule has 0 unspecified atom stereocenters. The van der Waals surface area contributed by atoms with E-state index in [2.05, 4.69) is 10.4 Å². The first-order valence-corrected chi connectivity index (χ1v) is 11.2. The van der Waals surface area contributed by atoms with Crippen molar-refractivity contribution in [2.24, 2.45) is 0 Å². The summed E-state index contributed by atoms with van der Waals surface area (Å²) in [5, 5.41) is 7.31. The minimum absolute atomic E-state index is 0.219. The molecule has 0 fully saturated rings. The average molecular weight is 470 g/mol. The highest BCUT2D eigenvalue weighted by atomic mass is 16.5. The molecule has 7 nitrogen and oxygen atoms in total. The molecule has 1 amide bonds. The summed E-state index contributed by atoms with van der Waals surface area (Å²) in [6, 6.07) is 21.2. The monoisotopic (exact) mass is 469 g/mol. The van der Waals surface area contributed by atoms with Gasteiger partial charge in [-0.25, -0.2) is 0 Å². The first-order valence-electron chi connectivity index (χ1n) is 11.2. The fourth-order valence-electron chi connectivity index (χ4n) is 3.85. The van der Waals surface area contributed by atoms with Gasteiger partial charge in [0.05, 0.1) is 12.8 Å². The molecule has 4 rings (SSSR count). The molecule has 7 heteroatoms. The van der Waals surface area contributed by atoms with Crippen LogP contribution in [-0.2, 0) is 6.61 Å². The summed E-state index contributed by atoms with van der Waals surface area (Å²) >= 11 is 0. The van der Waals surface area contributed by atoms with Crippen molar-refractivity contribution in [3.05, 3.63) is 111 Å². The average Bonchev–Trinajstić information content (AvgIpc) is 2.86. The Labute approximate surface area is 204 Å². The molecule has 3 aromatic carbocycles. The van der Waals surface area contributed by atoms with Gasteiger partial charge in [0.2, 0.25) is 5.88 Å². The van der Waals surface area contributed by atoms with E-state index >= 15 is 0 Å². The third-order valence-electron chi connectivity index (χ3n) is 5.61. The third kappa shape index (κ3) is 5.58. The van der Waals surface area contributed by atoms with Crippen molar-refractivity contribution in [2.75, 3.05) is 12.4 Å². The van der Waals surface area contributed by atoms with Gasteiger partial charge in [-0.3, -0.25) is 9.59 Å². The van der Waals surface area contributed by atoms with Gasteiger partial charge in [-0.15, -0.1) is 5.10 Å². The lowest BCUT2D eigenvalue weighted by atomic mass is 10.0. The highest BCUT2D eigenvalue weighted by Gasteiger charge is 2.12. The number of hydrogen-bond acceptors (Lipinski definition) is 5. The Hall–Kier alpha value is -4.39. The number of nitrogens with one attached hydrogen (secondary N) is 1. The van der Waals surface area contributed by atoms with Crippen molar-refractivity contribution >= 4 is 11.6 Å². The molecule has 4 aromatic rings. The van der Waals surface area contributed by atoms with Crippen molar-refractivity contribution in [1.29, 1.82) is 0 Å². The number of methoxy groups -OCH3 is 1. The zero-order valence-corrected chi connectivity index (χ0v) is 20.2. The zero-order valence-electron chi connectivity index (χ0n) is 20.2. The van der Waals surface area contributed by atoms with Gasteiger partial charge in [0, 0.05) is 23.4 Å². The van der Waals surface area contributed by atoms with Crippen LogP contribution in [0.4, 0.5) is 5.69 Å². The van der Waals surface area contributed by atoms with Gasteiger partial charge in [-0.1, -0.05) is 29.8 Å². The van der Waals surface area contributed by atoms with Gasteiger partial charge in [-0.05, 0) is 73.9 Å². The van der Waals surface area contributed by atoms with E-state index in [0.717, 1.165) is 33.7 Å². The van der Waals surface area contributed by atoms with E-state index in [4.69, 9.17) is 9.47 Å². The number of ether oxygens (including phenoxy) is 2. The van der Waals surface area contributed by atoms with Gasteiger partial charge >= 0.3 is 0 Å². The molecule has 0 saturated heterocycles. The Balaban J connectivity index is 1.48. The molecule has 0 aliphatic carbocycles. The number of carbonyl (C=O) groups excluding carboxylic acids is 1. The van der Waals surface area contributed by atoms with E-state index in [-0.39, 0.29) is 11.5 Å². The van der Waals surface area contributed by atoms with Gasteiger partial charge in [0.1, 0.15) is 12.4 Å². The maximum atomic E-state index is 12.8. The van der Waals surface area contributed by atoms with Gasteiger partial charge < -0.3 is 14.8 Å². The molecule has 0 radical (unpaired) electrons. The van der Waals surface area contributed by atoms with Crippen LogP contribution in [-0.4, -0.2) is 22.8 Å². The number of carbonyl (C=O) groups is 1. The van der Waals surface area contributed by atoms with Crippen molar-refractivity contribution in [1.82, 2.24) is 9.78 Å².